The number of carbonyl (C=O) groups is 2. The van der Waals surface area contributed by atoms with E-state index >= 15 is 0 Å². The molecule has 0 aliphatic heterocycles. The zero-order valence-corrected chi connectivity index (χ0v) is 23.9. The van der Waals surface area contributed by atoms with E-state index in [1.54, 1.807) is 50.2 Å². The topological polar surface area (TPSA) is 228 Å². The van der Waals surface area contributed by atoms with Gasteiger partial charge in [0.15, 0.2) is 18.1 Å². The molecule has 3 rings (SSSR count). The zero-order valence-electron chi connectivity index (χ0n) is 23.1. The van der Waals surface area contributed by atoms with Gasteiger partial charge in [-0.2, -0.15) is 8.42 Å². The van der Waals surface area contributed by atoms with Crippen LogP contribution < -0.4 is 40.4 Å². The number of rotatable bonds is 14. The summed E-state index contributed by atoms with van der Waals surface area (Å²) in [5.74, 6) is -1.27. The van der Waals surface area contributed by atoms with Crippen molar-refractivity contribution < 1.29 is 37.3 Å². The van der Waals surface area contributed by atoms with Gasteiger partial charge in [-0.1, -0.05) is 0 Å². The highest BCUT2D eigenvalue weighted by Gasteiger charge is 2.20. The molecule has 3 aromatic rings. The predicted molar refractivity (Wildman–Crippen MR) is 158 cm³/mol. The average molecular weight is 601 g/mol. The lowest BCUT2D eigenvalue weighted by molar-refractivity contribution is -0.139. The molecule has 0 spiro atoms. The van der Waals surface area contributed by atoms with E-state index in [0.29, 0.717) is 28.3 Å². The van der Waals surface area contributed by atoms with Crippen molar-refractivity contribution in [3.8, 4) is 17.2 Å². The highest BCUT2D eigenvalue weighted by Crippen LogP contribution is 2.37. The molecular formula is C27H32N6O8S. The van der Waals surface area contributed by atoms with Gasteiger partial charge in [0.1, 0.15) is 11.6 Å². The molecule has 0 fully saturated rings. The lowest BCUT2D eigenvalue weighted by Crippen LogP contribution is -2.22. The number of nitrogens with two attached hydrogens (primary N) is 2. The number of amidine groups is 1. The molecule has 0 saturated carbocycles. The second-order valence-corrected chi connectivity index (χ2v) is 10.5. The summed E-state index contributed by atoms with van der Waals surface area (Å²) in [6, 6.07) is 13.9. The van der Waals surface area contributed by atoms with Crippen LogP contribution in [0.15, 0.2) is 54.6 Å². The molecule has 42 heavy (non-hydrogen) atoms. The molecule has 14 nitrogen and oxygen atoms in total. The van der Waals surface area contributed by atoms with Crippen LogP contribution in [0.1, 0.15) is 35.3 Å². The Morgan fingerprint density at radius 3 is 2.31 bits per heavy atom. The average Bonchev–Trinajstić information content (AvgIpc) is 2.90. The van der Waals surface area contributed by atoms with Crippen molar-refractivity contribution in [3.63, 3.8) is 0 Å². The van der Waals surface area contributed by atoms with E-state index in [4.69, 9.17) is 30.5 Å². The van der Waals surface area contributed by atoms with Gasteiger partial charge < -0.3 is 35.7 Å². The van der Waals surface area contributed by atoms with Crippen LogP contribution in [0.4, 0.5) is 17.1 Å². The van der Waals surface area contributed by atoms with Gasteiger partial charge in [0.05, 0.1) is 24.5 Å². The number of benzene rings is 3. The minimum Gasteiger partial charge on any atom is -0.497 e. The van der Waals surface area contributed by atoms with E-state index in [-0.39, 0.29) is 41.2 Å². The normalized spacial score (nSPS) is 11.0. The maximum atomic E-state index is 13.3. The maximum Gasteiger partial charge on any atom is 0.341 e. The third kappa shape index (κ3) is 9.00. The van der Waals surface area contributed by atoms with E-state index in [9.17, 15) is 23.1 Å². The standard InChI is InChI=1S/C27H32N6O8S/c1-15(2)41-23-11-19(33-42(30,37)38)10-17(25(23)40-14-24(34)35)13-31-22-9-8-20(39-3)12-21(22)27(36)32-18-6-4-16(5-7-18)26(28)29/h4-12,15,31,33H,13-14H2,1-3H3,(H3,28,29)(H,32,36)(H,34,35)(H2,30,37,38). The van der Waals surface area contributed by atoms with Gasteiger partial charge in [-0.25, -0.2) is 9.93 Å². The molecule has 224 valence electrons. The summed E-state index contributed by atoms with van der Waals surface area (Å²) in [6.45, 7) is 2.72. The molecule has 0 bridgehead atoms. The molecule has 15 heteroatoms. The third-order valence-corrected chi connectivity index (χ3v) is 6.01. The molecule has 0 radical (unpaired) electrons. The second kappa shape index (κ2) is 13.6. The first kappa shape index (κ1) is 31.5. The van der Waals surface area contributed by atoms with Crippen LogP contribution in [0.5, 0.6) is 17.2 Å². The Balaban J connectivity index is 1.99. The number of hydrogen-bond acceptors (Lipinski definition) is 9. The summed E-state index contributed by atoms with van der Waals surface area (Å²) in [7, 11) is -2.70. The number of carbonyl (C=O) groups excluding carboxylic acids is 1. The minimum absolute atomic E-state index is 0.0503. The van der Waals surface area contributed by atoms with Gasteiger partial charge in [-0.05, 0) is 62.4 Å². The molecule has 0 aliphatic carbocycles. The second-order valence-electron chi connectivity index (χ2n) is 9.17. The molecular weight excluding hydrogens is 568 g/mol. The van der Waals surface area contributed by atoms with Crippen molar-refractivity contribution in [2.75, 3.05) is 29.1 Å². The summed E-state index contributed by atoms with van der Waals surface area (Å²) >= 11 is 0. The smallest absolute Gasteiger partial charge is 0.341 e. The monoisotopic (exact) mass is 600 g/mol. The van der Waals surface area contributed by atoms with Crippen LogP contribution in [0.3, 0.4) is 0 Å². The van der Waals surface area contributed by atoms with Crippen molar-refractivity contribution >= 4 is 45.0 Å². The molecule has 0 atom stereocenters. The third-order valence-electron chi connectivity index (χ3n) is 5.49. The van der Waals surface area contributed by atoms with Crippen molar-refractivity contribution in [1.29, 1.82) is 5.41 Å². The van der Waals surface area contributed by atoms with Gasteiger partial charge in [-0.3, -0.25) is 14.9 Å². The Bertz CT molecular complexity index is 1580. The number of carboxylic acid groups (broad SMARTS) is 1. The van der Waals surface area contributed by atoms with Crippen LogP contribution in [-0.4, -0.2) is 51.1 Å². The number of nitrogen functional groups attached to an aromatic ring is 1. The lowest BCUT2D eigenvalue weighted by atomic mass is 10.1. The lowest BCUT2D eigenvalue weighted by Gasteiger charge is -2.20. The highest BCUT2D eigenvalue weighted by molar-refractivity contribution is 7.90. The van der Waals surface area contributed by atoms with E-state index < -0.39 is 28.7 Å². The largest absolute Gasteiger partial charge is 0.497 e. The van der Waals surface area contributed by atoms with Crippen LogP contribution in [0.2, 0.25) is 0 Å². The number of carboxylic acids is 1. The summed E-state index contributed by atoms with van der Waals surface area (Å²) in [6.07, 6.45) is -0.371. The number of anilines is 3. The highest BCUT2D eigenvalue weighted by atomic mass is 32.2. The van der Waals surface area contributed by atoms with Gasteiger partial charge in [0.25, 0.3) is 16.1 Å². The molecule has 9 N–H and O–H groups in total. The Kier molecular flexibility index (Phi) is 10.2. The molecule has 0 aliphatic rings. The van der Waals surface area contributed by atoms with E-state index in [1.165, 1.54) is 25.3 Å². The fourth-order valence-corrected chi connectivity index (χ4v) is 4.21. The van der Waals surface area contributed by atoms with Crippen LogP contribution in [0.25, 0.3) is 0 Å². The minimum atomic E-state index is -4.15. The SMILES string of the molecule is COc1ccc(NCc2cc(NS(N)(=O)=O)cc(OC(C)C)c2OCC(=O)O)c(C(=O)Nc2ccc(C(=N)N)cc2)c1. The van der Waals surface area contributed by atoms with Crippen molar-refractivity contribution in [2.45, 2.75) is 26.5 Å². The Hall–Kier alpha value is -5.02. The van der Waals surface area contributed by atoms with E-state index in [1.807, 2.05) is 0 Å². The Morgan fingerprint density at radius 1 is 1.05 bits per heavy atom. The summed E-state index contributed by atoms with van der Waals surface area (Å²) < 4.78 is 42.2. The van der Waals surface area contributed by atoms with Crippen molar-refractivity contribution in [1.82, 2.24) is 0 Å². The number of methoxy groups -OCH3 is 1. The number of amides is 1. The van der Waals surface area contributed by atoms with Crippen LogP contribution >= 0.6 is 0 Å². The number of nitrogens with one attached hydrogen (secondary N) is 4. The van der Waals surface area contributed by atoms with E-state index in [0.717, 1.165) is 0 Å². The first-order valence-electron chi connectivity index (χ1n) is 12.4. The molecule has 0 saturated heterocycles. The maximum absolute atomic E-state index is 13.3. The van der Waals surface area contributed by atoms with Gasteiger partial charge >= 0.3 is 5.97 Å². The fraction of sp³-hybridized carbons (Fsp3) is 0.222. The number of ether oxygens (including phenoxy) is 3. The molecule has 1 amide bonds. The van der Waals surface area contributed by atoms with Crippen LogP contribution in [0, 0.1) is 5.41 Å². The van der Waals surface area contributed by atoms with Crippen molar-refractivity contribution in [3.05, 3.63) is 71.3 Å². The zero-order chi connectivity index (χ0) is 31.0. The number of aliphatic carboxylic acids is 1. The first-order chi connectivity index (χ1) is 19.8. The Labute approximate surface area is 242 Å². The fourth-order valence-electron chi connectivity index (χ4n) is 3.77. The van der Waals surface area contributed by atoms with Gasteiger partial charge in [0.2, 0.25) is 0 Å². The molecule has 3 aromatic carbocycles. The summed E-state index contributed by atoms with van der Waals surface area (Å²) in [5.41, 5.74) is 7.38. The van der Waals surface area contributed by atoms with Gasteiger partial charge in [-0.15, -0.1) is 0 Å². The van der Waals surface area contributed by atoms with E-state index in [2.05, 4.69) is 15.4 Å². The predicted octanol–water partition coefficient (Wildman–Crippen LogP) is 2.71. The first-order valence-corrected chi connectivity index (χ1v) is 14.0. The molecule has 0 heterocycles. The molecule has 0 aromatic heterocycles. The summed E-state index contributed by atoms with van der Waals surface area (Å²) in [5, 5.41) is 27.8. The Morgan fingerprint density at radius 2 is 1.74 bits per heavy atom. The molecule has 0 unspecified atom stereocenters. The van der Waals surface area contributed by atoms with Crippen LogP contribution in [-0.2, 0) is 21.5 Å². The quantitative estimate of drug-likeness (QED) is 0.106. The van der Waals surface area contributed by atoms with Gasteiger partial charge in [0, 0.05) is 35.1 Å². The van der Waals surface area contributed by atoms with Crippen molar-refractivity contribution in [2.24, 2.45) is 10.9 Å². The summed E-state index contributed by atoms with van der Waals surface area (Å²) in [4.78, 5) is 24.6. The number of hydrogen-bond donors (Lipinski definition) is 7.